The molecule has 0 N–H and O–H groups in total. The van der Waals surface area contributed by atoms with Crippen LogP contribution in [0.15, 0.2) is 186 Å². The maximum absolute atomic E-state index is 6.44. The molecular formula is C47H30N2O. The molecule has 0 saturated heterocycles. The Morgan fingerprint density at radius 3 is 1.80 bits per heavy atom. The fourth-order valence-electron chi connectivity index (χ4n) is 7.51. The molecule has 2 heterocycles. The summed E-state index contributed by atoms with van der Waals surface area (Å²) < 4.78 is 6.44. The number of anilines is 3. The van der Waals surface area contributed by atoms with Gasteiger partial charge in [0.15, 0.2) is 0 Å². The highest BCUT2D eigenvalue weighted by Crippen LogP contribution is 2.44. The van der Waals surface area contributed by atoms with E-state index in [1.165, 1.54) is 38.2 Å². The SMILES string of the molecule is c1cc(-c2cccc3ccccc23)cc(N(c2ccc(-c3cccc4ccccc34)cc2)c2cccc3oc4nc5ccccc5cc4c23)c1. The number of benzene rings is 8. The third kappa shape index (κ3) is 4.63. The van der Waals surface area contributed by atoms with E-state index in [2.05, 4.69) is 169 Å². The van der Waals surface area contributed by atoms with Crippen LogP contribution in [0.5, 0.6) is 0 Å². The van der Waals surface area contributed by atoms with Gasteiger partial charge in [0.05, 0.1) is 22.0 Å². The van der Waals surface area contributed by atoms with Crippen LogP contribution in [0.25, 0.3) is 76.8 Å². The highest BCUT2D eigenvalue weighted by molar-refractivity contribution is 6.15. The van der Waals surface area contributed by atoms with Crippen molar-refractivity contribution in [2.24, 2.45) is 0 Å². The van der Waals surface area contributed by atoms with Crippen molar-refractivity contribution in [3.63, 3.8) is 0 Å². The molecular weight excluding hydrogens is 609 g/mol. The summed E-state index contributed by atoms with van der Waals surface area (Å²) in [5, 5.41) is 8.06. The normalized spacial score (nSPS) is 11.6. The van der Waals surface area contributed by atoms with E-state index in [0.29, 0.717) is 5.71 Å². The minimum atomic E-state index is 0.641. The summed E-state index contributed by atoms with van der Waals surface area (Å²) in [6.07, 6.45) is 0. The molecule has 0 radical (unpaired) electrons. The molecule has 3 heteroatoms. The van der Waals surface area contributed by atoms with E-state index in [1.807, 2.05) is 18.2 Å². The van der Waals surface area contributed by atoms with Crippen molar-refractivity contribution in [2.75, 3.05) is 4.90 Å². The molecule has 50 heavy (non-hydrogen) atoms. The zero-order chi connectivity index (χ0) is 33.0. The summed E-state index contributed by atoms with van der Waals surface area (Å²) in [5.74, 6) is 0. The van der Waals surface area contributed by atoms with Gasteiger partial charge in [-0.25, -0.2) is 4.98 Å². The molecule has 2 aromatic heterocycles. The minimum absolute atomic E-state index is 0.641. The van der Waals surface area contributed by atoms with E-state index in [0.717, 1.165) is 49.9 Å². The summed E-state index contributed by atoms with van der Waals surface area (Å²) >= 11 is 0. The van der Waals surface area contributed by atoms with Crippen LogP contribution in [-0.4, -0.2) is 4.98 Å². The second-order valence-corrected chi connectivity index (χ2v) is 12.8. The van der Waals surface area contributed by atoms with E-state index in [-0.39, 0.29) is 0 Å². The first-order valence-electron chi connectivity index (χ1n) is 17.0. The smallest absolute Gasteiger partial charge is 0.227 e. The van der Waals surface area contributed by atoms with Gasteiger partial charge in [0.2, 0.25) is 5.71 Å². The van der Waals surface area contributed by atoms with Crippen LogP contribution in [0.2, 0.25) is 0 Å². The first kappa shape index (κ1) is 28.3. The van der Waals surface area contributed by atoms with Crippen molar-refractivity contribution in [3.05, 3.63) is 182 Å². The second kappa shape index (κ2) is 11.5. The van der Waals surface area contributed by atoms with E-state index in [9.17, 15) is 0 Å². The fraction of sp³-hybridized carbons (Fsp3) is 0. The fourth-order valence-corrected chi connectivity index (χ4v) is 7.51. The van der Waals surface area contributed by atoms with Crippen molar-refractivity contribution >= 4 is 71.6 Å². The van der Waals surface area contributed by atoms with Crippen molar-refractivity contribution in [1.29, 1.82) is 0 Å². The van der Waals surface area contributed by atoms with Gasteiger partial charge in [0.25, 0.3) is 0 Å². The first-order chi connectivity index (χ1) is 24.8. The predicted molar refractivity (Wildman–Crippen MR) is 210 cm³/mol. The highest BCUT2D eigenvalue weighted by atomic mass is 16.3. The van der Waals surface area contributed by atoms with Gasteiger partial charge in [-0.1, -0.05) is 133 Å². The lowest BCUT2D eigenvalue weighted by atomic mass is 9.97. The standard InChI is InChI=1S/C47H30N2O/c1-4-18-38-31(11-1)14-8-20-40(38)33-25-27-36(28-26-33)49(37-17-7-16-34(29-37)41-21-9-15-32-12-2-5-19-39(32)41)44-23-10-24-45-46(44)42-30-35-13-3-6-22-43(35)48-47(42)50-45/h1-30H. The van der Waals surface area contributed by atoms with Gasteiger partial charge >= 0.3 is 0 Å². The summed E-state index contributed by atoms with van der Waals surface area (Å²) in [6, 6.07) is 64.8. The van der Waals surface area contributed by atoms with Crippen LogP contribution in [0.1, 0.15) is 0 Å². The maximum Gasteiger partial charge on any atom is 0.227 e. The summed E-state index contributed by atoms with van der Waals surface area (Å²) in [5.41, 5.74) is 10.3. The van der Waals surface area contributed by atoms with Gasteiger partial charge in [0, 0.05) is 16.8 Å². The van der Waals surface area contributed by atoms with Crippen molar-refractivity contribution in [2.45, 2.75) is 0 Å². The maximum atomic E-state index is 6.44. The molecule has 10 aromatic rings. The third-order valence-corrected chi connectivity index (χ3v) is 9.84. The number of rotatable bonds is 5. The molecule has 0 amide bonds. The van der Waals surface area contributed by atoms with Crippen LogP contribution >= 0.6 is 0 Å². The first-order valence-corrected chi connectivity index (χ1v) is 17.0. The number of fused-ring (bicyclic) bond motifs is 6. The number of hydrogen-bond donors (Lipinski definition) is 0. The molecule has 3 nitrogen and oxygen atoms in total. The van der Waals surface area contributed by atoms with Gasteiger partial charge < -0.3 is 9.32 Å². The molecule has 0 saturated carbocycles. The van der Waals surface area contributed by atoms with E-state index in [4.69, 9.17) is 9.40 Å². The molecule has 0 atom stereocenters. The van der Waals surface area contributed by atoms with Crippen molar-refractivity contribution in [3.8, 4) is 22.3 Å². The third-order valence-electron chi connectivity index (χ3n) is 9.84. The molecule has 0 aliphatic heterocycles. The van der Waals surface area contributed by atoms with Crippen molar-refractivity contribution in [1.82, 2.24) is 4.98 Å². The zero-order valence-electron chi connectivity index (χ0n) is 27.1. The van der Waals surface area contributed by atoms with Crippen LogP contribution in [0.3, 0.4) is 0 Å². The molecule has 0 fully saturated rings. The van der Waals surface area contributed by atoms with Crippen LogP contribution < -0.4 is 4.90 Å². The number of aromatic nitrogens is 1. The summed E-state index contributed by atoms with van der Waals surface area (Å²) in [6.45, 7) is 0. The average Bonchev–Trinajstić information content (AvgIpc) is 3.55. The van der Waals surface area contributed by atoms with Gasteiger partial charge in [0.1, 0.15) is 5.58 Å². The average molecular weight is 639 g/mol. The Balaban J connectivity index is 1.20. The molecule has 0 aliphatic carbocycles. The van der Waals surface area contributed by atoms with Gasteiger partial charge in [-0.05, 0) is 92.3 Å². The van der Waals surface area contributed by atoms with Gasteiger partial charge in [-0.2, -0.15) is 0 Å². The minimum Gasteiger partial charge on any atom is -0.438 e. The molecule has 0 unspecified atom stereocenters. The van der Waals surface area contributed by atoms with E-state index in [1.54, 1.807) is 0 Å². The number of pyridine rings is 1. The van der Waals surface area contributed by atoms with Crippen LogP contribution in [-0.2, 0) is 0 Å². The Hall–Kier alpha value is -6.71. The summed E-state index contributed by atoms with van der Waals surface area (Å²) in [4.78, 5) is 7.28. The Bertz CT molecular complexity index is 2870. The van der Waals surface area contributed by atoms with Crippen LogP contribution in [0, 0.1) is 0 Å². The molecule has 8 aromatic carbocycles. The van der Waals surface area contributed by atoms with Crippen molar-refractivity contribution < 1.29 is 4.42 Å². The number of hydrogen-bond acceptors (Lipinski definition) is 3. The van der Waals surface area contributed by atoms with Gasteiger partial charge in [-0.3, -0.25) is 0 Å². The Kier molecular flexibility index (Phi) is 6.49. The van der Waals surface area contributed by atoms with Crippen LogP contribution in [0.4, 0.5) is 17.1 Å². The predicted octanol–water partition coefficient (Wildman–Crippen LogP) is 13.2. The molecule has 234 valence electrons. The topological polar surface area (TPSA) is 29.3 Å². The number of furan rings is 1. The molecule has 0 spiro atoms. The number of nitrogens with zero attached hydrogens (tertiary/aromatic N) is 2. The largest absolute Gasteiger partial charge is 0.438 e. The number of para-hydroxylation sites is 1. The zero-order valence-corrected chi connectivity index (χ0v) is 27.1. The lowest BCUT2D eigenvalue weighted by Gasteiger charge is -2.27. The molecule has 10 rings (SSSR count). The quantitative estimate of drug-likeness (QED) is 0.188. The molecule has 0 bridgehead atoms. The van der Waals surface area contributed by atoms with E-state index >= 15 is 0 Å². The lowest BCUT2D eigenvalue weighted by Crippen LogP contribution is -2.10. The second-order valence-electron chi connectivity index (χ2n) is 12.8. The molecule has 0 aliphatic rings. The van der Waals surface area contributed by atoms with E-state index < -0.39 is 0 Å². The Morgan fingerprint density at radius 1 is 0.420 bits per heavy atom. The monoisotopic (exact) mass is 638 g/mol. The summed E-state index contributed by atoms with van der Waals surface area (Å²) in [7, 11) is 0. The highest BCUT2D eigenvalue weighted by Gasteiger charge is 2.21. The Morgan fingerprint density at radius 2 is 1.04 bits per heavy atom. The Labute approximate surface area is 289 Å². The lowest BCUT2D eigenvalue weighted by molar-refractivity contribution is 0.656. The van der Waals surface area contributed by atoms with Gasteiger partial charge in [-0.15, -0.1) is 0 Å².